The number of unbranched alkanes of at least 4 members (excludes halogenated alkanes) is 4. The van der Waals surface area contributed by atoms with Crippen molar-refractivity contribution >= 4 is 16.6 Å². The first-order valence-electron chi connectivity index (χ1n) is 6.99. The zero-order valence-corrected chi connectivity index (χ0v) is 11.2. The first-order chi connectivity index (χ1) is 8.90. The molecule has 1 aromatic heterocycles. The number of hydrogen-bond donors (Lipinski definition) is 1. The lowest BCUT2D eigenvalue weighted by molar-refractivity contribution is 0.645. The normalized spacial score (nSPS) is 10.7. The van der Waals surface area contributed by atoms with Crippen molar-refractivity contribution in [2.45, 2.75) is 39.0 Å². The highest BCUT2D eigenvalue weighted by atomic mass is 14.9. The minimum Gasteiger partial charge on any atom is -0.384 e. The molecule has 0 spiro atoms. The average molecular weight is 242 g/mol. The molecule has 0 fully saturated rings. The van der Waals surface area contributed by atoms with E-state index >= 15 is 0 Å². The molecule has 0 aliphatic rings. The summed E-state index contributed by atoms with van der Waals surface area (Å²) in [5, 5.41) is 4.65. The predicted octanol–water partition coefficient (Wildman–Crippen LogP) is 4.62. The standard InChI is InChI=1S/C16H22N2/c1-2-3-4-5-8-11-17-15-12-14-9-6-7-10-16(14)18-13-15/h6-7,9-10,12-13,17H,2-5,8,11H2,1H3. The molecule has 0 saturated carbocycles. The Kier molecular flexibility index (Phi) is 5.00. The van der Waals surface area contributed by atoms with E-state index in [2.05, 4.69) is 35.4 Å². The maximum Gasteiger partial charge on any atom is 0.0703 e. The van der Waals surface area contributed by atoms with Crippen LogP contribution in [0.25, 0.3) is 10.9 Å². The second-order valence-corrected chi connectivity index (χ2v) is 4.76. The van der Waals surface area contributed by atoms with Crippen molar-refractivity contribution < 1.29 is 0 Å². The zero-order chi connectivity index (χ0) is 12.6. The van der Waals surface area contributed by atoms with Gasteiger partial charge in [0.15, 0.2) is 0 Å². The highest BCUT2D eigenvalue weighted by molar-refractivity contribution is 5.81. The van der Waals surface area contributed by atoms with E-state index in [9.17, 15) is 0 Å². The van der Waals surface area contributed by atoms with Crippen LogP contribution in [0.5, 0.6) is 0 Å². The van der Waals surface area contributed by atoms with Crippen LogP contribution in [0.3, 0.4) is 0 Å². The number of anilines is 1. The van der Waals surface area contributed by atoms with Crippen LogP contribution in [0, 0.1) is 0 Å². The summed E-state index contributed by atoms with van der Waals surface area (Å²) in [4.78, 5) is 4.45. The third kappa shape index (κ3) is 3.73. The van der Waals surface area contributed by atoms with Gasteiger partial charge in [0.1, 0.15) is 0 Å². The van der Waals surface area contributed by atoms with E-state index in [-0.39, 0.29) is 0 Å². The van der Waals surface area contributed by atoms with Crippen LogP contribution in [-0.4, -0.2) is 11.5 Å². The van der Waals surface area contributed by atoms with Gasteiger partial charge >= 0.3 is 0 Å². The summed E-state index contributed by atoms with van der Waals surface area (Å²) < 4.78 is 0. The van der Waals surface area contributed by atoms with Crippen molar-refractivity contribution in [2.75, 3.05) is 11.9 Å². The van der Waals surface area contributed by atoms with Gasteiger partial charge in [-0.2, -0.15) is 0 Å². The molecule has 0 unspecified atom stereocenters. The molecule has 1 heterocycles. The maximum absolute atomic E-state index is 4.45. The molecule has 1 aromatic carbocycles. The van der Waals surface area contributed by atoms with Gasteiger partial charge < -0.3 is 5.32 Å². The highest BCUT2D eigenvalue weighted by Crippen LogP contribution is 2.16. The second kappa shape index (κ2) is 7.00. The molecule has 0 saturated heterocycles. The molecule has 18 heavy (non-hydrogen) atoms. The Morgan fingerprint density at radius 3 is 2.78 bits per heavy atom. The number of nitrogens with zero attached hydrogens (tertiary/aromatic N) is 1. The van der Waals surface area contributed by atoms with Crippen LogP contribution in [0.1, 0.15) is 39.0 Å². The summed E-state index contributed by atoms with van der Waals surface area (Å²) in [7, 11) is 0. The Morgan fingerprint density at radius 1 is 1.06 bits per heavy atom. The van der Waals surface area contributed by atoms with Crippen molar-refractivity contribution in [3.8, 4) is 0 Å². The van der Waals surface area contributed by atoms with Gasteiger partial charge in [0.2, 0.25) is 0 Å². The first-order valence-corrected chi connectivity index (χ1v) is 6.99. The first kappa shape index (κ1) is 12.9. The SMILES string of the molecule is CCCCCCCNc1cnc2ccccc2c1. The minimum atomic E-state index is 1.05. The molecule has 0 radical (unpaired) electrons. The van der Waals surface area contributed by atoms with E-state index in [4.69, 9.17) is 0 Å². The van der Waals surface area contributed by atoms with Crippen LogP contribution in [-0.2, 0) is 0 Å². The van der Waals surface area contributed by atoms with Crippen LogP contribution >= 0.6 is 0 Å². The van der Waals surface area contributed by atoms with Gasteiger partial charge in [-0.25, -0.2) is 0 Å². The Labute approximate surface area is 109 Å². The van der Waals surface area contributed by atoms with Gasteiger partial charge in [-0.15, -0.1) is 0 Å². The summed E-state index contributed by atoms with van der Waals surface area (Å²) in [5.41, 5.74) is 2.19. The van der Waals surface area contributed by atoms with Gasteiger partial charge in [0.05, 0.1) is 17.4 Å². The fraction of sp³-hybridized carbons (Fsp3) is 0.438. The van der Waals surface area contributed by atoms with Crippen LogP contribution in [0.2, 0.25) is 0 Å². The van der Waals surface area contributed by atoms with Gasteiger partial charge in [0, 0.05) is 11.9 Å². The van der Waals surface area contributed by atoms with Gasteiger partial charge in [0.25, 0.3) is 0 Å². The number of nitrogens with one attached hydrogen (secondary N) is 1. The van der Waals surface area contributed by atoms with E-state index < -0.39 is 0 Å². The smallest absolute Gasteiger partial charge is 0.0703 e. The molecule has 0 aliphatic heterocycles. The molecule has 0 aliphatic carbocycles. The molecular formula is C16H22N2. The molecule has 2 rings (SSSR count). The molecule has 0 atom stereocenters. The van der Waals surface area contributed by atoms with Gasteiger partial charge in [-0.05, 0) is 18.6 Å². The Bertz CT molecular complexity index is 479. The maximum atomic E-state index is 4.45. The van der Waals surface area contributed by atoms with Crippen LogP contribution < -0.4 is 5.32 Å². The van der Waals surface area contributed by atoms with E-state index in [1.165, 1.54) is 37.5 Å². The lowest BCUT2D eigenvalue weighted by Gasteiger charge is -2.06. The van der Waals surface area contributed by atoms with E-state index in [0.29, 0.717) is 0 Å². The molecule has 2 aromatic rings. The molecule has 1 N–H and O–H groups in total. The topological polar surface area (TPSA) is 24.9 Å². The fourth-order valence-corrected chi connectivity index (χ4v) is 2.13. The summed E-state index contributed by atoms with van der Waals surface area (Å²) in [6, 6.07) is 10.4. The number of para-hydroxylation sites is 1. The van der Waals surface area contributed by atoms with Crippen LogP contribution in [0.15, 0.2) is 36.5 Å². The summed E-state index contributed by atoms with van der Waals surface area (Å²) in [6.07, 6.45) is 8.51. The van der Waals surface area contributed by atoms with E-state index in [1.807, 2.05) is 18.3 Å². The van der Waals surface area contributed by atoms with E-state index in [1.54, 1.807) is 0 Å². The molecule has 2 heteroatoms. The van der Waals surface area contributed by atoms with Crippen molar-refractivity contribution in [3.05, 3.63) is 36.5 Å². The van der Waals surface area contributed by atoms with Crippen LogP contribution in [0.4, 0.5) is 5.69 Å². The quantitative estimate of drug-likeness (QED) is 0.717. The summed E-state index contributed by atoms with van der Waals surface area (Å²) in [5.74, 6) is 0. The molecular weight excluding hydrogens is 220 g/mol. The number of pyridine rings is 1. The molecule has 96 valence electrons. The summed E-state index contributed by atoms with van der Waals surface area (Å²) >= 11 is 0. The fourth-order valence-electron chi connectivity index (χ4n) is 2.13. The van der Waals surface area contributed by atoms with Gasteiger partial charge in [-0.3, -0.25) is 4.98 Å². The lowest BCUT2D eigenvalue weighted by atomic mass is 10.1. The number of rotatable bonds is 7. The lowest BCUT2D eigenvalue weighted by Crippen LogP contribution is -2.01. The average Bonchev–Trinajstić information content (AvgIpc) is 2.42. The predicted molar refractivity (Wildman–Crippen MR) is 79.0 cm³/mol. The Hall–Kier alpha value is -1.57. The number of aromatic nitrogens is 1. The Balaban J connectivity index is 1.81. The second-order valence-electron chi connectivity index (χ2n) is 4.76. The van der Waals surface area contributed by atoms with Crippen molar-refractivity contribution in [1.29, 1.82) is 0 Å². The minimum absolute atomic E-state index is 1.05. The largest absolute Gasteiger partial charge is 0.384 e. The highest BCUT2D eigenvalue weighted by Gasteiger charge is 1.96. The Morgan fingerprint density at radius 2 is 1.89 bits per heavy atom. The number of fused-ring (bicyclic) bond motifs is 1. The van der Waals surface area contributed by atoms with Crippen molar-refractivity contribution in [1.82, 2.24) is 4.98 Å². The molecule has 0 bridgehead atoms. The third-order valence-electron chi connectivity index (χ3n) is 3.20. The third-order valence-corrected chi connectivity index (χ3v) is 3.20. The van der Waals surface area contributed by atoms with E-state index in [0.717, 1.165) is 17.7 Å². The number of benzene rings is 1. The monoisotopic (exact) mass is 242 g/mol. The molecule has 2 nitrogen and oxygen atoms in total. The van der Waals surface area contributed by atoms with Crippen molar-refractivity contribution in [3.63, 3.8) is 0 Å². The van der Waals surface area contributed by atoms with Crippen molar-refractivity contribution in [2.24, 2.45) is 0 Å². The zero-order valence-electron chi connectivity index (χ0n) is 11.2. The van der Waals surface area contributed by atoms with Gasteiger partial charge in [-0.1, -0.05) is 50.8 Å². The summed E-state index contributed by atoms with van der Waals surface area (Å²) in [6.45, 7) is 3.29. The number of hydrogen-bond acceptors (Lipinski definition) is 2. The molecule has 0 amide bonds.